The van der Waals surface area contributed by atoms with Gasteiger partial charge in [0.25, 0.3) is 0 Å². The normalized spacial score (nSPS) is 10.4. The molecule has 0 aliphatic heterocycles. The Bertz CT molecular complexity index is 336. The molecule has 0 saturated carbocycles. The average Bonchev–Trinajstić information content (AvgIpc) is 2.69. The number of aryl methyl sites for hydroxylation is 2. The molecule has 0 aliphatic rings. The second-order valence-corrected chi connectivity index (χ2v) is 3.65. The van der Waals surface area contributed by atoms with Gasteiger partial charge in [-0.1, -0.05) is 6.92 Å². The molecule has 0 spiro atoms. The van der Waals surface area contributed by atoms with Crippen molar-refractivity contribution in [2.45, 2.75) is 33.1 Å². The van der Waals surface area contributed by atoms with Crippen LogP contribution in [0, 0.1) is 0 Å². The van der Waals surface area contributed by atoms with Gasteiger partial charge in [-0.3, -0.25) is 4.79 Å². The van der Waals surface area contributed by atoms with Gasteiger partial charge >= 0.3 is 0 Å². The fraction of sp³-hybridized carbons (Fsp3) is 0.800. The van der Waals surface area contributed by atoms with E-state index in [-0.39, 0.29) is 5.91 Å². The van der Waals surface area contributed by atoms with E-state index in [1.807, 2.05) is 25.8 Å². The van der Waals surface area contributed by atoms with Crippen molar-refractivity contribution >= 4 is 5.91 Å². The fourth-order valence-corrected chi connectivity index (χ4v) is 1.57. The van der Waals surface area contributed by atoms with Gasteiger partial charge < -0.3 is 4.90 Å². The van der Waals surface area contributed by atoms with Crippen molar-refractivity contribution in [1.29, 1.82) is 0 Å². The minimum absolute atomic E-state index is 0.207. The summed E-state index contributed by atoms with van der Waals surface area (Å²) in [5.41, 5.74) is 0. The zero-order valence-corrected chi connectivity index (χ0v) is 10.2. The van der Waals surface area contributed by atoms with Gasteiger partial charge in [0.15, 0.2) is 5.82 Å². The van der Waals surface area contributed by atoms with Gasteiger partial charge in [-0.25, -0.2) is 4.68 Å². The Labute approximate surface area is 95.6 Å². The SMILES string of the molecule is CCC(=O)N(CC)CCCc1nnnn1C. The van der Waals surface area contributed by atoms with Crippen LogP contribution < -0.4 is 0 Å². The van der Waals surface area contributed by atoms with E-state index in [4.69, 9.17) is 0 Å². The van der Waals surface area contributed by atoms with Crippen LogP contribution >= 0.6 is 0 Å². The summed E-state index contributed by atoms with van der Waals surface area (Å²) in [6.07, 6.45) is 2.27. The lowest BCUT2D eigenvalue weighted by molar-refractivity contribution is -0.130. The van der Waals surface area contributed by atoms with E-state index in [0.717, 1.165) is 31.8 Å². The molecule has 6 heteroatoms. The number of carbonyl (C=O) groups excluding carboxylic acids is 1. The van der Waals surface area contributed by atoms with E-state index in [1.54, 1.807) is 4.68 Å². The Morgan fingerprint density at radius 2 is 2.19 bits per heavy atom. The predicted octanol–water partition coefficient (Wildman–Crippen LogP) is 0.401. The standard InChI is InChI=1S/C10H19N5O/c1-4-10(16)15(5-2)8-6-7-9-11-12-13-14(9)3/h4-8H2,1-3H3. The highest BCUT2D eigenvalue weighted by Gasteiger charge is 2.09. The van der Waals surface area contributed by atoms with E-state index in [0.29, 0.717) is 6.42 Å². The predicted molar refractivity (Wildman–Crippen MR) is 59.7 cm³/mol. The van der Waals surface area contributed by atoms with Gasteiger partial charge in [0.05, 0.1) is 0 Å². The van der Waals surface area contributed by atoms with Crippen LogP contribution in [0.15, 0.2) is 0 Å². The lowest BCUT2D eigenvalue weighted by Crippen LogP contribution is -2.31. The van der Waals surface area contributed by atoms with Crippen LogP contribution in [0.2, 0.25) is 0 Å². The number of aromatic nitrogens is 4. The maximum atomic E-state index is 11.5. The molecule has 1 aromatic heterocycles. The molecule has 0 N–H and O–H groups in total. The van der Waals surface area contributed by atoms with Crippen LogP contribution in [0.5, 0.6) is 0 Å². The van der Waals surface area contributed by atoms with E-state index >= 15 is 0 Å². The monoisotopic (exact) mass is 225 g/mol. The number of carbonyl (C=O) groups is 1. The first-order chi connectivity index (χ1) is 7.69. The molecule has 0 radical (unpaired) electrons. The van der Waals surface area contributed by atoms with Crippen molar-refractivity contribution in [2.24, 2.45) is 7.05 Å². The zero-order chi connectivity index (χ0) is 12.0. The number of tetrazole rings is 1. The molecule has 1 heterocycles. The number of rotatable bonds is 6. The lowest BCUT2D eigenvalue weighted by Gasteiger charge is -2.19. The van der Waals surface area contributed by atoms with Crippen LogP contribution in [0.4, 0.5) is 0 Å². The molecule has 0 atom stereocenters. The molecule has 1 rings (SSSR count). The van der Waals surface area contributed by atoms with Crippen molar-refractivity contribution < 1.29 is 4.79 Å². The molecule has 1 aromatic rings. The Kier molecular flexibility index (Phi) is 4.88. The number of hydrogen-bond donors (Lipinski definition) is 0. The van der Waals surface area contributed by atoms with E-state index in [2.05, 4.69) is 15.5 Å². The van der Waals surface area contributed by atoms with Crippen molar-refractivity contribution in [3.05, 3.63) is 5.82 Å². The van der Waals surface area contributed by atoms with E-state index < -0.39 is 0 Å². The molecule has 0 aliphatic carbocycles. The van der Waals surface area contributed by atoms with Crippen molar-refractivity contribution in [1.82, 2.24) is 25.1 Å². The number of nitrogens with zero attached hydrogens (tertiary/aromatic N) is 5. The van der Waals surface area contributed by atoms with Crippen molar-refractivity contribution in [3.8, 4) is 0 Å². The number of amides is 1. The summed E-state index contributed by atoms with van der Waals surface area (Å²) >= 11 is 0. The molecule has 0 saturated heterocycles. The van der Waals surface area contributed by atoms with E-state index in [1.165, 1.54) is 0 Å². The molecule has 0 aromatic carbocycles. The summed E-state index contributed by atoms with van der Waals surface area (Å²) in [5.74, 6) is 1.07. The second kappa shape index (κ2) is 6.19. The summed E-state index contributed by atoms with van der Waals surface area (Å²) in [6.45, 7) is 5.43. The van der Waals surface area contributed by atoms with Crippen LogP contribution in [-0.4, -0.2) is 44.1 Å². The summed E-state index contributed by atoms with van der Waals surface area (Å²) in [5, 5.41) is 11.2. The minimum Gasteiger partial charge on any atom is -0.343 e. The van der Waals surface area contributed by atoms with Crippen LogP contribution in [0.3, 0.4) is 0 Å². The van der Waals surface area contributed by atoms with Crippen LogP contribution in [0.1, 0.15) is 32.5 Å². The smallest absolute Gasteiger partial charge is 0.222 e. The molecule has 0 unspecified atom stereocenters. The van der Waals surface area contributed by atoms with Gasteiger partial charge in [-0.05, 0) is 23.8 Å². The first kappa shape index (κ1) is 12.6. The molecule has 0 fully saturated rings. The third-order valence-electron chi connectivity index (χ3n) is 2.57. The molecular weight excluding hydrogens is 206 g/mol. The topological polar surface area (TPSA) is 63.9 Å². The highest BCUT2D eigenvalue weighted by Crippen LogP contribution is 2.00. The zero-order valence-electron chi connectivity index (χ0n) is 10.2. The van der Waals surface area contributed by atoms with Gasteiger partial charge in [0, 0.05) is 33.0 Å². The Morgan fingerprint density at radius 3 is 2.69 bits per heavy atom. The Morgan fingerprint density at radius 1 is 1.44 bits per heavy atom. The largest absolute Gasteiger partial charge is 0.343 e. The molecule has 6 nitrogen and oxygen atoms in total. The Balaban J connectivity index is 2.34. The van der Waals surface area contributed by atoms with Crippen LogP contribution in [0.25, 0.3) is 0 Å². The Hall–Kier alpha value is -1.46. The minimum atomic E-state index is 0.207. The lowest BCUT2D eigenvalue weighted by atomic mass is 10.2. The fourth-order valence-electron chi connectivity index (χ4n) is 1.57. The summed E-state index contributed by atoms with van der Waals surface area (Å²) in [4.78, 5) is 13.3. The summed E-state index contributed by atoms with van der Waals surface area (Å²) < 4.78 is 1.66. The molecule has 1 amide bonds. The first-order valence-electron chi connectivity index (χ1n) is 5.68. The molecule has 0 bridgehead atoms. The summed E-state index contributed by atoms with van der Waals surface area (Å²) in [6, 6.07) is 0. The maximum Gasteiger partial charge on any atom is 0.222 e. The highest BCUT2D eigenvalue weighted by molar-refractivity contribution is 5.75. The molecule has 90 valence electrons. The molecular formula is C10H19N5O. The average molecular weight is 225 g/mol. The van der Waals surface area contributed by atoms with Crippen LogP contribution in [-0.2, 0) is 18.3 Å². The van der Waals surface area contributed by atoms with Crippen molar-refractivity contribution in [2.75, 3.05) is 13.1 Å². The van der Waals surface area contributed by atoms with Gasteiger partial charge in [-0.2, -0.15) is 0 Å². The highest BCUT2D eigenvalue weighted by atomic mass is 16.2. The van der Waals surface area contributed by atoms with Gasteiger partial charge in [0.2, 0.25) is 5.91 Å². The molecule has 16 heavy (non-hydrogen) atoms. The third-order valence-corrected chi connectivity index (χ3v) is 2.57. The maximum absolute atomic E-state index is 11.5. The van der Waals surface area contributed by atoms with Gasteiger partial charge in [0.1, 0.15) is 0 Å². The summed E-state index contributed by atoms with van der Waals surface area (Å²) in [7, 11) is 1.82. The quantitative estimate of drug-likeness (QED) is 0.703. The van der Waals surface area contributed by atoms with Crippen molar-refractivity contribution in [3.63, 3.8) is 0 Å². The third kappa shape index (κ3) is 3.29. The van der Waals surface area contributed by atoms with E-state index in [9.17, 15) is 4.79 Å². The first-order valence-corrected chi connectivity index (χ1v) is 5.68. The van der Waals surface area contributed by atoms with Gasteiger partial charge in [-0.15, -0.1) is 5.10 Å². The number of hydrogen-bond acceptors (Lipinski definition) is 4. The second-order valence-electron chi connectivity index (χ2n) is 3.65.